The molecule has 9 heteroatoms. The number of ether oxygens (including phenoxy) is 1. The summed E-state index contributed by atoms with van der Waals surface area (Å²) >= 11 is 5.67. The molecule has 6 nitrogen and oxygen atoms in total. The first-order chi connectivity index (χ1) is 10.0. The van der Waals surface area contributed by atoms with E-state index in [1.165, 1.54) is 12.1 Å². The minimum Gasteiger partial charge on any atom is -0.443 e. The zero-order valence-corrected chi connectivity index (χ0v) is 13.7. The van der Waals surface area contributed by atoms with Gasteiger partial charge in [0.05, 0.1) is 6.61 Å². The number of hydrogen-bond donors (Lipinski definition) is 0. The van der Waals surface area contributed by atoms with Gasteiger partial charge < -0.3 is 4.74 Å². The highest BCUT2D eigenvalue weighted by Crippen LogP contribution is 2.35. The molecule has 2 rings (SSSR count). The van der Waals surface area contributed by atoms with Crippen LogP contribution in [0.5, 0.6) is 0 Å². The smallest absolute Gasteiger partial charge is 0.426 e. The molecule has 0 unspecified atom stereocenters. The lowest BCUT2D eigenvalue weighted by atomic mass is 10.1. The Hall–Kier alpha value is -1.38. The van der Waals surface area contributed by atoms with Crippen LogP contribution in [-0.4, -0.2) is 31.0 Å². The van der Waals surface area contributed by atoms with Crippen LogP contribution in [0, 0.1) is 5.82 Å². The zero-order chi connectivity index (χ0) is 16.7. The lowest BCUT2D eigenvalue weighted by molar-refractivity contribution is 0.0354. The van der Waals surface area contributed by atoms with E-state index in [1.807, 2.05) is 0 Å². The Labute approximate surface area is 133 Å². The number of carbonyl (C=O) groups is 1. The fraction of sp³-hybridized carbons (Fsp3) is 0.462. The average Bonchev–Trinajstić information content (AvgIpc) is 2.62. The second-order valence-electron chi connectivity index (χ2n) is 5.70. The minimum atomic E-state index is -4.32. The SMILES string of the molecule is CC(C)(C)OC(=O)N1[C@@H](c2ccc(Cl)cc2F)COS1(=O)=O. The molecule has 1 aliphatic heterocycles. The molecule has 1 atom stereocenters. The molecule has 0 saturated carbocycles. The van der Waals surface area contributed by atoms with Gasteiger partial charge in [-0.2, -0.15) is 12.7 Å². The van der Waals surface area contributed by atoms with E-state index in [2.05, 4.69) is 4.18 Å². The molecule has 1 amide bonds. The lowest BCUT2D eigenvalue weighted by Gasteiger charge is -2.26. The molecule has 1 aromatic carbocycles. The molecule has 0 N–H and O–H groups in total. The highest BCUT2D eigenvalue weighted by atomic mass is 35.5. The maximum absolute atomic E-state index is 14.0. The van der Waals surface area contributed by atoms with Gasteiger partial charge in [-0.05, 0) is 32.9 Å². The van der Waals surface area contributed by atoms with Gasteiger partial charge in [-0.25, -0.2) is 9.18 Å². The number of nitrogens with zero attached hydrogens (tertiary/aromatic N) is 1. The maximum atomic E-state index is 14.0. The number of amides is 1. The van der Waals surface area contributed by atoms with Crippen molar-refractivity contribution in [2.24, 2.45) is 0 Å². The first-order valence-corrected chi connectivity index (χ1v) is 8.12. The third kappa shape index (κ3) is 3.50. The Balaban J connectivity index is 2.40. The fourth-order valence-corrected chi connectivity index (χ4v) is 3.22. The number of benzene rings is 1. The summed E-state index contributed by atoms with van der Waals surface area (Å²) in [6.07, 6.45) is -1.12. The Kier molecular flexibility index (Phi) is 4.38. The van der Waals surface area contributed by atoms with E-state index in [0.717, 1.165) is 6.07 Å². The first kappa shape index (κ1) is 17.0. The van der Waals surface area contributed by atoms with Crippen LogP contribution in [0.1, 0.15) is 32.4 Å². The minimum absolute atomic E-state index is 0.0173. The van der Waals surface area contributed by atoms with Gasteiger partial charge in [0.25, 0.3) is 0 Å². The molecule has 122 valence electrons. The van der Waals surface area contributed by atoms with Crippen LogP contribution in [-0.2, 0) is 19.2 Å². The fourth-order valence-electron chi connectivity index (χ4n) is 1.94. The molecular formula is C13H15ClFNO5S. The Morgan fingerprint density at radius 1 is 1.45 bits per heavy atom. The van der Waals surface area contributed by atoms with Gasteiger partial charge in [0.15, 0.2) is 0 Å². The molecule has 0 radical (unpaired) electrons. The molecule has 1 aromatic rings. The van der Waals surface area contributed by atoms with Crippen molar-refractivity contribution < 1.29 is 26.5 Å². The third-order valence-corrected chi connectivity index (χ3v) is 4.35. The van der Waals surface area contributed by atoms with Gasteiger partial charge in [-0.1, -0.05) is 17.7 Å². The molecule has 1 fully saturated rings. The van der Waals surface area contributed by atoms with E-state index >= 15 is 0 Å². The summed E-state index contributed by atoms with van der Waals surface area (Å²) in [6.45, 7) is 4.38. The predicted octanol–water partition coefficient (Wildman–Crippen LogP) is 3.03. The zero-order valence-electron chi connectivity index (χ0n) is 12.2. The average molecular weight is 352 g/mol. The second-order valence-corrected chi connectivity index (χ2v) is 7.62. The molecule has 22 heavy (non-hydrogen) atoms. The molecule has 1 aliphatic rings. The van der Waals surface area contributed by atoms with Crippen LogP contribution < -0.4 is 0 Å². The van der Waals surface area contributed by atoms with Crippen LogP contribution in [0.3, 0.4) is 0 Å². The molecule has 0 spiro atoms. The van der Waals surface area contributed by atoms with E-state index in [0.29, 0.717) is 4.31 Å². The molecule has 0 aromatic heterocycles. The van der Waals surface area contributed by atoms with Gasteiger partial charge in [-0.15, -0.1) is 0 Å². The van der Waals surface area contributed by atoms with Gasteiger partial charge in [-0.3, -0.25) is 4.18 Å². The molecule has 0 aliphatic carbocycles. The van der Waals surface area contributed by atoms with Crippen molar-refractivity contribution in [3.05, 3.63) is 34.6 Å². The molecular weight excluding hydrogens is 337 g/mol. The Morgan fingerprint density at radius 3 is 2.64 bits per heavy atom. The Morgan fingerprint density at radius 2 is 2.09 bits per heavy atom. The van der Waals surface area contributed by atoms with E-state index < -0.39 is 33.9 Å². The van der Waals surface area contributed by atoms with Crippen molar-refractivity contribution in [3.63, 3.8) is 0 Å². The monoisotopic (exact) mass is 351 g/mol. The third-order valence-electron chi connectivity index (χ3n) is 2.79. The van der Waals surface area contributed by atoms with Crippen LogP contribution in [0.2, 0.25) is 5.02 Å². The van der Waals surface area contributed by atoms with E-state index in [4.69, 9.17) is 16.3 Å². The van der Waals surface area contributed by atoms with Crippen molar-refractivity contribution in [2.45, 2.75) is 32.4 Å². The van der Waals surface area contributed by atoms with Crippen molar-refractivity contribution in [2.75, 3.05) is 6.61 Å². The van der Waals surface area contributed by atoms with Crippen molar-refractivity contribution in [1.29, 1.82) is 0 Å². The van der Waals surface area contributed by atoms with Gasteiger partial charge in [0.2, 0.25) is 0 Å². The normalized spacial score (nSPS) is 21.0. The summed E-state index contributed by atoms with van der Waals surface area (Å²) in [4.78, 5) is 12.1. The molecule has 0 bridgehead atoms. The summed E-state index contributed by atoms with van der Waals surface area (Å²) < 4.78 is 47.9. The van der Waals surface area contributed by atoms with Crippen molar-refractivity contribution in [3.8, 4) is 0 Å². The number of rotatable bonds is 1. The standard InChI is InChI=1S/C13H15ClFNO5S/c1-13(2,3)21-12(17)16-11(7-20-22(16,18)19)9-5-4-8(14)6-10(9)15/h4-6,11H,7H2,1-3H3/t11-/m1/s1. The molecule has 1 heterocycles. The summed E-state index contributed by atoms with van der Waals surface area (Å²) in [5, 5.41) is 0.159. The topological polar surface area (TPSA) is 72.9 Å². The van der Waals surface area contributed by atoms with Crippen molar-refractivity contribution in [1.82, 2.24) is 4.31 Å². The summed E-state index contributed by atoms with van der Waals surface area (Å²) in [7, 11) is -4.32. The molecule has 1 saturated heterocycles. The summed E-state index contributed by atoms with van der Waals surface area (Å²) in [5.41, 5.74) is -0.922. The van der Waals surface area contributed by atoms with Crippen LogP contribution in [0.25, 0.3) is 0 Å². The number of hydrogen-bond acceptors (Lipinski definition) is 5. The maximum Gasteiger partial charge on any atom is 0.426 e. The second kappa shape index (κ2) is 5.68. The lowest BCUT2D eigenvalue weighted by Crippen LogP contribution is -2.39. The predicted molar refractivity (Wildman–Crippen MR) is 77.1 cm³/mol. The van der Waals surface area contributed by atoms with E-state index in [9.17, 15) is 17.6 Å². The highest BCUT2D eigenvalue weighted by molar-refractivity contribution is 7.85. The highest BCUT2D eigenvalue weighted by Gasteiger charge is 2.46. The van der Waals surface area contributed by atoms with Gasteiger partial charge in [0.1, 0.15) is 17.5 Å². The van der Waals surface area contributed by atoms with Crippen LogP contribution >= 0.6 is 11.6 Å². The first-order valence-electron chi connectivity index (χ1n) is 6.38. The largest absolute Gasteiger partial charge is 0.443 e. The van der Waals surface area contributed by atoms with Crippen LogP contribution in [0.15, 0.2) is 18.2 Å². The van der Waals surface area contributed by atoms with Crippen LogP contribution in [0.4, 0.5) is 9.18 Å². The summed E-state index contributed by atoms with van der Waals surface area (Å²) in [5.74, 6) is -0.730. The number of carbonyl (C=O) groups excluding carboxylic acids is 1. The van der Waals surface area contributed by atoms with Crippen molar-refractivity contribution >= 4 is 28.0 Å². The Bertz CT molecular complexity index is 701. The summed E-state index contributed by atoms with van der Waals surface area (Å²) in [6, 6.07) is 2.61. The van der Waals surface area contributed by atoms with E-state index in [1.54, 1.807) is 20.8 Å². The number of halogens is 2. The van der Waals surface area contributed by atoms with Gasteiger partial charge >= 0.3 is 16.4 Å². The van der Waals surface area contributed by atoms with E-state index in [-0.39, 0.29) is 17.2 Å². The quantitative estimate of drug-likeness (QED) is 0.777. The van der Waals surface area contributed by atoms with Gasteiger partial charge in [0, 0.05) is 10.6 Å².